The second-order valence-corrected chi connectivity index (χ2v) is 6.77. The van der Waals surface area contributed by atoms with E-state index in [0.29, 0.717) is 0 Å². The lowest BCUT2D eigenvalue weighted by Crippen LogP contribution is -1.93. The van der Waals surface area contributed by atoms with Gasteiger partial charge in [0.2, 0.25) is 0 Å². The van der Waals surface area contributed by atoms with Gasteiger partial charge in [0.05, 0.1) is 51.4 Å². The summed E-state index contributed by atoms with van der Waals surface area (Å²) in [7, 11) is 0. The van der Waals surface area contributed by atoms with Crippen LogP contribution in [0.2, 0.25) is 0 Å². The molecule has 76 valence electrons. The zero-order chi connectivity index (χ0) is 10.7. The Bertz CT molecular complexity index is 443. The highest BCUT2D eigenvalue weighted by atomic mass is 127. The maximum absolute atomic E-state index is 4.17. The maximum Gasteiger partial charge on any atom is 0.0697 e. The number of aromatic nitrogens is 1. The van der Waals surface area contributed by atoms with Crippen LogP contribution in [-0.4, -0.2) is 4.98 Å². The SMILES string of the molecule is IN(I)c1ccncc1-c1ccccc1. The smallest absolute Gasteiger partial charge is 0.0697 e. The summed E-state index contributed by atoms with van der Waals surface area (Å²) < 4.78 is 2.04. The molecular formula is C11H8I2N2. The van der Waals surface area contributed by atoms with Gasteiger partial charge in [0.15, 0.2) is 0 Å². The van der Waals surface area contributed by atoms with Crippen molar-refractivity contribution in [2.24, 2.45) is 0 Å². The van der Waals surface area contributed by atoms with Gasteiger partial charge in [0, 0.05) is 18.0 Å². The molecule has 0 aliphatic rings. The van der Waals surface area contributed by atoms with Crippen molar-refractivity contribution in [1.29, 1.82) is 0 Å². The number of pyridine rings is 1. The van der Waals surface area contributed by atoms with E-state index in [0.717, 1.165) is 11.3 Å². The van der Waals surface area contributed by atoms with E-state index in [1.54, 1.807) is 0 Å². The predicted octanol–water partition coefficient (Wildman–Crippen LogP) is 4.26. The molecule has 0 N–H and O–H groups in total. The van der Waals surface area contributed by atoms with E-state index in [9.17, 15) is 0 Å². The van der Waals surface area contributed by atoms with Crippen molar-refractivity contribution in [2.75, 3.05) is 1.33 Å². The first-order chi connectivity index (χ1) is 7.29. The van der Waals surface area contributed by atoms with E-state index in [1.807, 2.05) is 38.0 Å². The molecule has 0 atom stereocenters. The van der Waals surface area contributed by atoms with Gasteiger partial charge < -0.3 is 0 Å². The van der Waals surface area contributed by atoms with E-state index in [1.165, 1.54) is 5.56 Å². The van der Waals surface area contributed by atoms with Gasteiger partial charge in [0.25, 0.3) is 0 Å². The van der Waals surface area contributed by atoms with Crippen molar-refractivity contribution in [3.63, 3.8) is 0 Å². The van der Waals surface area contributed by atoms with Crippen LogP contribution >= 0.6 is 45.7 Å². The van der Waals surface area contributed by atoms with Gasteiger partial charge in [-0.2, -0.15) is 0 Å². The summed E-state index contributed by atoms with van der Waals surface area (Å²) in [6.07, 6.45) is 3.71. The van der Waals surface area contributed by atoms with Gasteiger partial charge in [-0.25, -0.2) is 0 Å². The van der Waals surface area contributed by atoms with E-state index in [-0.39, 0.29) is 0 Å². The average Bonchev–Trinajstić information content (AvgIpc) is 2.30. The quantitative estimate of drug-likeness (QED) is 0.532. The molecule has 1 aromatic heterocycles. The number of hydrogen-bond acceptors (Lipinski definition) is 2. The van der Waals surface area contributed by atoms with Gasteiger partial charge in [-0.05, 0) is 11.6 Å². The number of rotatable bonds is 2. The fraction of sp³-hybridized carbons (Fsp3) is 0. The molecule has 1 heterocycles. The molecule has 0 saturated heterocycles. The fourth-order valence-electron chi connectivity index (χ4n) is 1.37. The standard InChI is InChI=1S/C11H8I2N2/c12-15(13)11-6-7-14-8-10(11)9-4-2-1-3-5-9/h1-8H. The summed E-state index contributed by atoms with van der Waals surface area (Å²) in [6.45, 7) is 0. The average molecular weight is 422 g/mol. The van der Waals surface area contributed by atoms with Crippen LogP contribution in [0, 0.1) is 0 Å². The Hall–Kier alpha value is -0.370. The topological polar surface area (TPSA) is 16.1 Å². The summed E-state index contributed by atoms with van der Waals surface area (Å²) >= 11 is 4.51. The number of hydrogen-bond donors (Lipinski definition) is 0. The summed E-state index contributed by atoms with van der Waals surface area (Å²) in [5.74, 6) is 0. The highest BCUT2D eigenvalue weighted by Crippen LogP contribution is 2.33. The Balaban J connectivity index is 2.53. The van der Waals surface area contributed by atoms with E-state index >= 15 is 0 Å². The van der Waals surface area contributed by atoms with Gasteiger partial charge in [-0.1, -0.05) is 30.3 Å². The summed E-state index contributed by atoms with van der Waals surface area (Å²) in [5, 5.41) is 0. The first kappa shape index (κ1) is 11.1. The Labute approximate surface area is 117 Å². The van der Waals surface area contributed by atoms with E-state index in [4.69, 9.17) is 0 Å². The van der Waals surface area contributed by atoms with Crippen LogP contribution in [-0.2, 0) is 0 Å². The molecule has 0 aliphatic carbocycles. The lowest BCUT2D eigenvalue weighted by molar-refractivity contribution is 1.33. The number of benzene rings is 1. The summed E-state index contributed by atoms with van der Waals surface area (Å²) in [5.41, 5.74) is 3.51. The van der Waals surface area contributed by atoms with Gasteiger partial charge in [0.1, 0.15) is 0 Å². The third-order valence-corrected chi connectivity index (χ3v) is 3.10. The fourth-order valence-corrected chi connectivity index (χ4v) is 2.22. The Kier molecular flexibility index (Phi) is 3.79. The molecule has 0 aliphatic heterocycles. The second-order valence-electron chi connectivity index (χ2n) is 2.99. The monoisotopic (exact) mass is 422 g/mol. The largest absolute Gasteiger partial charge is 0.264 e. The molecule has 0 fully saturated rings. The Morgan fingerprint density at radius 1 is 1.00 bits per heavy atom. The molecule has 0 saturated carbocycles. The highest BCUT2D eigenvalue weighted by molar-refractivity contribution is 14.2. The van der Waals surface area contributed by atoms with Crippen molar-refractivity contribution in [3.05, 3.63) is 48.8 Å². The molecule has 15 heavy (non-hydrogen) atoms. The molecule has 2 aromatic rings. The number of nitrogens with zero attached hydrogens (tertiary/aromatic N) is 2. The minimum Gasteiger partial charge on any atom is -0.264 e. The van der Waals surface area contributed by atoms with Crippen LogP contribution < -0.4 is 1.33 Å². The van der Waals surface area contributed by atoms with Crippen molar-refractivity contribution in [3.8, 4) is 11.1 Å². The number of halogens is 2. The molecule has 0 radical (unpaired) electrons. The predicted molar refractivity (Wildman–Crippen MR) is 80.2 cm³/mol. The molecule has 0 unspecified atom stereocenters. The zero-order valence-electron chi connectivity index (χ0n) is 7.77. The van der Waals surface area contributed by atoms with Crippen molar-refractivity contribution in [1.82, 2.24) is 4.98 Å². The van der Waals surface area contributed by atoms with Crippen LogP contribution in [0.15, 0.2) is 48.8 Å². The maximum atomic E-state index is 4.17. The van der Waals surface area contributed by atoms with Gasteiger partial charge in [-0.3, -0.25) is 6.31 Å². The summed E-state index contributed by atoms with van der Waals surface area (Å²) in [6, 6.07) is 12.3. The Morgan fingerprint density at radius 2 is 1.73 bits per heavy atom. The van der Waals surface area contributed by atoms with Crippen molar-refractivity contribution in [2.45, 2.75) is 0 Å². The van der Waals surface area contributed by atoms with E-state index < -0.39 is 0 Å². The lowest BCUT2D eigenvalue weighted by atomic mass is 10.1. The Morgan fingerprint density at radius 3 is 2.40 bits per heavy atom. The van der Waals surface area contributed by atoms with Crippen molar-refractivity contribution < 1.29 is 0 Å². The van der Waals surface area contributed by atoms with Crippen LogP contribution in [0.1, 0.15) is 0 Å². The minimum absolute atomic E-state index is 1.15. The third-order valence-electron chi connectivity index (χ3n) is 2.06. The normalized spacial score (nSPS) is 10.0. The number of anilines is 1. The third kappa shape index (κ3) is 2.60. The van der Waals surface area contributed by atoms with Crippen LogP contribution in [0.5, 0.6) is 0 Å². The molecule has 0 amide bonds. The second kappa shape index (κ2) is 5.11. The molecule has 1 aromatic carbocycles. The van der Waals surface area contributed by atoms with E-state index in [2.05, 4.69) is 62.8 Å². The highest BCUT2D eigenvalue weighted by Gasteiger charge is 2.07. The summed E-state index contributed by atoms with van der Waals surface area (Å²) in [4.78, 5) is 4.17. The molecule has 0 spiro atoms. The van der Waals surface area contributed by atoms with Crippen LogP contribution in [0.4, 0.5) is 5.69 Å². The lowest BCUT2D eigenvalue weighted by Gasteiger charge is -2.12. The van der Waals surface area contributed by atoms with Crippen molar-refractivity contribution >= 4 is 51.4 Å². The molecule has 0 bridgehead atoms. The molecule has 4 heteroatoms. The first-order valence-electron chi connectivity index (χ1n) is 4.40. The van der Waals surface area contributed by atoms with Crippen LogP contribution in [0.25, 0.3) is 11.1 Å². The zero-order valence-corrected chi connectivity index (χ0v) is 12.1. The van der Waals surface area contributed by atoms with Crippen LogP contribution in [0.3, 0.4) is 0 Å². The molecule has 2 rings (SSSR count). The van der Waals surface area contributed by atoms with Gasteiger partial charge >= 0.3 is 0 Å². The molecular weight excluding hydrogens is 414 g/mol. The minimum atomic E-state index is 1.15. The molecule has 2 nitrogen and oxygen atoms in total. The van der Waals surface area contributed by atoms with Gasteiger partial charge in [-0.15, -0.1) is 0 Å². The first-order valence-corrected chi connectivity index (χ1v) is 6.33.